The molecular weight excluding hydrogens is 330 g/mol. The number of aryl methyl sites for hydroxylation is 2. The van der Waals surface area contributed by atoms with Crippen molar-refractivity contribution in [3.8, 4) is 11.4 Å². The van der Waals surface area contributed by atoms with Crippen LogP contribution in [-0.4, -0.2) is 16.2 Å². The van der Waals surface area contributed by atoms with Crippen LogP contribution in [-0.2, 0) is 0 Å². The van der Waals surface area contributed by atoms with Crippen LogP contribution < -0.4 is 5.73 Å². The van der Waals surface area contributed by atoms with E-state index in [4.69, 9.17) is 10.3 Å². The molecule has 114 valence electrons. The van der Waals surface area contributed by atoms with E-state index in [0.717, 1.165) is 21.2 Å². The van der Waals surface area contributed by atoms with Crippen LogP contribution in [0.15, 0.2) is 21.1 Å². The maximum atomic E-state index is 6.05. The standard InChI is InChI=1S/C16H22BrN3O/c1-8(2)13(11(5)18)16-19-15(20-21-16)12-6-9(3)14(17)10(4)7-12/h6-8,11,13H,18H2,1-5H3. The summed E-state index contributed by atoms with van der Waals surface area (Å²) in [7, 11) is 0. The fraction of sp³-hybridized carbons (Fsp3) is 0.500. The van der Waals surface area contributed by atoms with Crippen molar-refractivity contribution in [3.63, 3.8) is 0 Å². The van der Waals surface area contributed by atoms with Gasteiger partial charge in [0, 0.05) is 16.1 Å². The minimum absolute atomic E-state index is 0.0216. The molecule has 0 aliphatic carbocycles. The van der Waals surface area contributed by atoms with E-state index in [2.05, 4.69) is 65.9 Å². The molecule has 0 saturated heterocycles. The summed E-state index contributed by atoms with van der Waals surface area (Å²) in [4.78, 5) is 4.56. The van der Waals surface area contributed by atoms with E-state index >= 15 is 0 Å². The molecule has 2 rings (SSSR count). The van der Waals surface area contributed by atoms with E-state index in [9.17, 15) is 0 Å². The number of benzene rings is 1. The van der Waals surface area contributed by atoms with E-state index in [0.29, 0.717) is 17.6 Å². The Hall–Kier alpha value is -1.20. The van der Waals surface area contributed by atoms with Crippen molar-refractivity contribution in [1.82, 2.24) is 10.1 Å². The zero-order valence-electron chi connectivity index (χ0n) is 13.1. The molecule has 0 fully saturated rings. The first-order valence-corrected chi connectivity index (χ1v) is 7.96. The van der Waals surface area contributed by atoms with Gasteiger partial charge >= 0.3 is 0 Å². The number of aromatic nitrogens is 2. The molecule has 0 saturated carbocycles. The topological polar surface area (TPSA) is 64.9 Å². The largest absolute Gasteiger partial charge is 0.339 e. The molecular formula is C16H22BrN3O. The number of hydrogen-bond donors (Lipinski definition) is 1. The molecule has 1 aromatic carbocycles. The monoisotopic (exact) mass is 351 g/mol. The Bertz CT molecular complexity index is 603. The maximum Gasteiger partial charge on any atom is 0.231 e. The van der Waals surface area contributed by atoms with Crippen molar-refractivity contribution < 1.29 is 4.52 Å². The van der Waals surface area contributed by atoms with Crippen molar-refractivity contribution in [2.75, 3.05) is 0 Å². The molecule has 0 amide bonds. The highest BCUT2D eigenvalue weighted by molar-refractivity contribution is 9.10. The Kier molecular flexibility index (Phi) is 4.84. The second kappa shape index (κ2) is 6.28. The molecule has 2 N–H and O–H groups in total. The summed E-state index contributed by atoms with van der Waals surface area (Å²) in [5.74, 6) is 1.67. The predicted molar refractivity (Wildman–Crippen MR) is 88.1 cm³/mol. The van der Waals surface area contributed by atoms with Crippen molar-refractivity contribution in [3.05, 3.63) is 33.6 Å². The van der Waals surface area contributed by atoms with E-state index in [1.54, 1.807) is 0 Å². The first-order valence-electron chi connectivity index (χ1n) is 7.17. The zero-order chi connectivity index (χ0) is 15.7. The van der Waals surface area contributed by atoms with Crippen molar-refractivity contribution in [1.29, 1.82) is 0 Å². The smallest absolute Gasteiger partial charge is 0.231 e. The van der Waals surface area contributed by atoms with Crippen molar-refractivity contribution in [2.24, 2.45) is 11.7 Å². The lowest BCUT2D eigenvalue weighted by atomic mass is 9.90. The third-order valence-corrected chi connectivity index (χ3v) is 4.96. The Balaban J connectivity index is 2.40. The van der Waals surface area contributed by atoms with Crippen LogP contribution >= 0.6 is 15.9 Å². The summed E-state index contributed by atoms with van der Waals surface area (Å²) < 4.78 is 6.58. The lowest BCUT2D eigenvalue weighted by Crippen LogP contribution is -2.28. The first kappa shape index (κ1) is 16.2. The molecule has 2 aromatic rings. The number of rotatable bonds is 4. The molecule has 0 aliphatic rings. The van der Waals surface area contributed by atoms with Crippen LogP contribution in [0.25, 0.3) is 11.4 Å². The second-order valence-corrected chi connectivity index (χ2v) is 6.80. The average Bonchev–Trinajstić information content (AvgIpc) is 2.83. The minimum atomic E-state index is -0.0216. The molecule has 0 bridgehead atoms. The fourth-order valence-electron chi connectivity index (χ4n) is 2.68. The molecule has 5 heteroatoms. The summed E-state index contributed by atoms with van der Waals surface area (Å²) in [6, 6.07) is 4.09. The summed E-state index contributed by atoms with van der Waals surface area (Å²) >= 11 is 3.57. The summed E-state index contributed by atoms with van der Waals surface area (Å²) in [5, 5.41) is 4.13. The van der Waals surface area contributed by atoms with Gasteiger partial charge in [-0.3, -0.25) is 0 Å². The molecule has 0 radical (unpaired) electrons. The molecule has 0 aliphatic heterocycles. The molecule has 1 aromatic heterocycles. The van der Waals surface area contributed by atoms with Crippen LogP contribution in [0, 0.1) is 19.8 Å². The highest BCUT2D eigenvalue weighted by Crippen LogP contribution is 2.30. The highest BCUT2D eigenvalue weighted by atomic mass is 79.9. The van der Waals surface area contributed by atoms with Gasteiger partial charge in [0.2, 0.25) is 11.7 Å². The number of halogens is 1. The second-order valence-electron chi connectivity index (χ2n) is 6.01. The van der Waals surface area contributed by atoms with Gasteiger partial charge in [0.05, 0.1) is 5.92 Å². The van der Waals surface area contributed by atoms with Crippen LogP contribution in [0.1, 0.15) is 43.7 Å². The van der Waals surface area contributed by atoms with Gasteiger partial charge in [-0.25, -0.2) is 0 Å². The van der Waals surface area contributed by atoms with Crippen LogP contribution in [0.5, 0.6) is 0 Å². The lowest BCUT2D eigenvalue weighted by Gasteiger charge is -2.20. The molecule has 4 nitrogen and oxygen atoms in total. The SMILES string of the molecule is Cc1cc(-c2noc(C(C(C)C)C(C)N)n2)cc(C)c1Br. The quantitative estimate of drug-likeness (QED) is 0.896. The van der Waals surface area contributed by atoms with E-state index < -0.39 is 0 Å². The maximum absolute atomic E-state index is 6.05. The van der Waals surface area contributed by atoms with Crippen molar-refractivity contribution in [2.45, 2.75) is 46.6 Å². The molecule has 21 heavy (non-hydrogen) atoms. The minimum Gasteiger partial charge on any atom is -0.339 e. The first-order chi connectivity index (χ1) is 9.81. The molecule has 1 heterocycles. The summed E-state index contributed by atoms with van der Waals surface area (Å²) in [5.41, 5.74) is 9.33. The van der Waals surface area contributed by atoms with E-state index in [1.165, 1.54) is 0 Å². The predicted octanol–water partition coefficient (Wildman–Crippen LogP) is 4.20. The average molecular weight is 352 g/mol. The van der Waals surface area contributed by atoms with Crippen LogP contribution in [0.4, 0.5) is 0 Å². The Morgan fingerprint density at radius 3 is 2.19 bits per heavy atom. The van der Waals surface area contributed by atoms with E-state index in [-0.39, 0.29) is 12.0 Å². The molecule has 2 atom stereocenters. The van der Waals surface area contributed by atoms with Crippen molar-refractivity contribution >= 4 is 15.9 Å². The van der Waals surface area contributed by atoms with Gasteiger partial charge in [-0.05, 0) is 49.9 Å². The van der Waals surface area contributed by atoms with Gasteiger partial charge < -0.3 is 10.3 Å². The Morgan fingerprint density at radius 2 is 1.71 bits per heavy atom. The molecule has 0 spiro atoms. The number of hydrogen-bond acceptors (Lipinski definition) is 4. The van der Waals surface area contributed by atoms with E-state index in [1.807, 2.05) is 6.92 Å². The molecule has 2 unspecified atom stereocenters. The number of nitrogens with two attached hydrogens (primary N) is 1. The van der Waals surface area contributed by atoms with Gasteiger partial charge in [-0.1, -0.05) is 34.9 Å². The van der Waals surface area contributed by atoms with Gasteiger partial charge in [-0.2, -0.15) is 4.98 Å². The highest BCUT2D eigenvalue weighted by Gasteiger charge is 2.26. The Labute approximate surface area is 134 Å². The van der Waals surface area contributed by atoms with Gasteiger partial charge in [-0.15, -0.1) is 0 Å². The number of nitrogens with zero attached hydrogens (tertiary/aromatic N) is 2. The fourth-order valence-corrected chi connectivity index (χ4v) is 2.91. The summed E-state index contributed by atoms with van der Waals surface area (Å²) in [6.07, 6.45) is 0. The summed E-state index contributed by atoms with van der Waals surface area (Å²) in [6.45, 7) is 10.3. The third-order valence-electron chi connectivity index (χ3n) is 3.71. The Morgan fingerprint density at radius 1 is 1.14 bits per heavy atom. The zero-order valence-corrected chi connectivity index (χ0v) is 14.7. The van der Waals surface area contributed by atoms with Gasteiger partial charge in [0.25, 0.3) is 0 Å². The lowest BCUT2D eigenvalue weighted by molar-refractivity contribution is 0.300. The third kappa shape index (κ3) is 3.35. The van der Waals surface area contributed by atoms with Crippen LogP contribution in [0.3, 0.4) is 0 Å². The van der Waals surface area contributed by atoms with Gasteiger partial charge in [0.15, 0.2) is 0 Å². The normalized spacial score (nSPS) is 14.5. The van der Waals surface area contributed by atoms with Gasteiger partial charge in [0.1, 0.15) is 0 Å². The van der Waals surface area contributed by atoms with Crippen LogP contribution in [0.2, 0.25) is 0 Å².